The lowest BCUT2D eigenvalue weighted by atomic mass is 10.1. The fourth-order valence-corrected chi connectivity index (χ4v) is 2.35. The summed E-state index contributed by atoms with van der Waals surface area (Å²) in [6.07, 6.45) is 1.41. The third kappa shape index (κ3) is 3.45. The van der Waals surface area contributed by atoms with Gasteiger partial charge in [-0.15, -0.1) is 0 Å². The summed E-state index contributed by atoms with van der Waals surface area (Å²) in [6, 6.07) is 6.93. The van der Waals surface area contributed by atoms with Gasteiger partial charge in [0.25, 0.3) is 0 Å². The number of β-amino-alcohol motifs (C(OH)–C–C–N with tert-alkyl or cyclic N) is 1. The number of hydrogen-bond acceptors (Lipinski definition) is 4. The van der Waals surface area contributed by atoms with E-state index in [1.54, 1.807) is 12.1 Å². The predicted molar refractivity (Wildman–Crippen MR) is 75.8 cm³/mol. The van der Waals surface area contributed by atoms with Crippen molar-refractivity contribution in [3.05, 3.63) is 24.3 Å². The Labute approximate surface area is 113 Å². The maximum atomic E-state index is 12.2. The van der Waals surface area contributed by atoms with Gasteiger partial charge >= 0.3 is 0 Å². The summed E-state index contributed by atoms with van der Waals surface area (Å²) >= 11 is 0. The highest BCUT2D eigenvalue weighted by molar-refractivity contribution is 5.97. The van der Waals surface area contributed by atoms with Crippen molar-refractivity contribution in [2.24, 2.45) is 0 Å². The van der Waals surface area contributed by atoms with Crippen molar-refractivity contribution in [3.8, 4) is 0 Å². The second kappa shape index (κ2) is 6.04. The van der Waals surface area contributed by atoms with Gasteiger partial charge in [0.15, 0.2) is 0 Å². The van der Waals surface area contributed by atoms with Gasteiger partial charge in [-0.1, -0.05) is 12.1 Å². The number of anilines is 2. The van der Waals surface area contributed by atoms with Crippen LogP contribution in [0.15, 0.2) is 24.3 Å². The van der Waals surface area contributed by atoms with Gasteiger partial charge in [0.05, 0.1) is 23.5 Å². The van der Waals surface area contributed by atoms with Crippen LogP contribution in [0.4, 0.5) is 11.4 Å². The van der Waals surface area contributed by atoms with Gasteiger partial charge in [0.1, 0.15) is 0 Å². The number of nitrogens with zero attached hydrogens (tertiary/aromatic N) is 1. The summed E-state index contributed by atoms with van der Waals surface area (Å²) < 4.78 is 0. The molecule has 1 heterocycles. The van der Waals surface area contributed by atoms with Crippen LogP contribution in [0, 0.1) is 0 Å². The second-order valence-electron chi connectivity index (χ2n) is 5.04. The standard InChI is InChI=1S/C14H21N3O2/c1-10(17-8-4-5-11(18)9-17)14(19)16-13-7-3-2-6-12(13)15/h2-3,6-7,10-11,18H,4-5,8-9,15H2,1H3,(H,16,19). The number of aliphatic hydroxyl groups is 1. The average molecular weight is 263 g/mol. The van der Waals surface area contributed by atoms with Crippen molar-refractivity contribution < 1.29 is 9.90 Å². The number of nitrogen functional groups attached to an aromatic ring is 1. The lowest BCUT2D eigenvalue weighted by molar-refractivity contribution is -0.121. The highest BCUT2D eigenvalue weighted by Crippen LogP contribution is 2.18. The van der Waals surface area contributed by atoms with Crippen LogP contribution in [0.1, 0.15) is 19.8 Å². The number of hydrogen-bond donors (Lipinski definition) is 3. The highest BCUT2D eigenvalue weighted by atomic mass is 16.3. The van der Waals surface area contributed by atoms with Crippen molar-refractivity contribution in [3.63, 3.8) is 0 Å². The lowest BCUT2D eigenvalue weighted by Crippen LogP contribution is -2.48. The number of carbonyl (C=O) groups excluding carboxylic acids is 1. The smallest absolute Gasteiger partial charge is 0.241 e. The van der Waals surface area contributed by atoms with Gasteiger partial charge in [-0.2, -0.15) is 0 Å². The number of piperidine rings is 1. The van der Waals surface area contributed by atoms with E-state index in [0.29, 0.717) is 17.9 Å². The molecule has 0 spiro atoms. The van der Waals surface area contributed by atoms with Gasteiger partial charge in [-0.05, 0) is 38.4 Å². The topological polar surface area (TPSA) is 78.6 Å². The van der Waals surface area contributed by atoms with Crippen LogP contribution >= 0.6 is 0 Å². The Bertz CT molecular complexity index is 450. The van der Waals surface area contributed by atoms with E-state index < -0.39 is 0 Å². The molecule has 1 aliphatic rings. The normalized spacial score (nSPS) is 21.9. The monoisotopic (exact) mass is 263 g/mol. The third-order valence-electron chi connectivity index (χ3n) is 3.57. The third-order valence-corrected chi connectivity index (χ3v) is 3.57. The maximum Gasteiger partial charge on any atom is 0.241 e. The largest absolute Gasteiger partial charge is 0.397 e. The van der Waals surface area contributed by atoms with E-state index in [0.717, 1.165) is 19.4 Å². The van der Waals surface area contributed by atoms with Gasteiger partial charge < -0.3 is 16.2 Å². The molecule has 2 rings (SSSR count). The first-order valence-electron chi connectivity index (χ1n) is 6.65. The molecule has 1 aromatic carbocycles. The fraction of sp³-hybridized carbons (Fsp3) is 0.500. The molecule has 1 fully saturated rings. The van der Waals surface area contributed by atoms with Crippen LogP contribution in [-0.2, 0) is 4.79 Å². The second-order valence-corrected chi connectivity index (χ2v) is 5.04. The van der Waals surface area contributed by atoms with Gasteiger partial charge in [-0.25, -0.2) is 0 Å². The van der Waals surface area contributed by atoms with E-state index in [9.17, 15) is 9.90 Å². The Kier molecular flexibility index (Phi) is 4.39. The van der Waals surface area contributed by atoms with Gasteiger partial charge in [-0.3, -0.25) is 9.69 Å². The predicted octanol–water partition coefficient (Wildman–Crippen LogP) is 1.05. The summed E-state index contributed by atoms with van der Waals surface area (Å²) in [5, 5.41) is 12.5. The Morgan fingerprint density at radius 2 is 2.26 bits per heavy atom. The van der Waals surface area contributed by atoms with E-state index in [-0.39, 0.29) is 18.1 Å². The van der Waals surface area contributed by atoms with Crippen LogP contribution in [-0.4, -0.2) is 41.1 Å². The maximum absolute atomic E-state index is 12.2. The molecule has 0 aliphatic carbocycles. The number of likely N-dealkylation sites (tertiary alicyclic amines) is 1. The first kappa shape index (κ1) is 13.8. The molecule has 1 saturated heterocycles. The van der Waals surface area contributed by atoms with E-state index in [1.165, 1.54) is 0 Å². The van der Waals surface area contributed by atoms with Crippen molar-refractivity contribution in [1.29, 1.82) is 0 Å². The quantitative estimate of drug-likeness (QED) is 0.712. The number of amides is 1. The molecule has 0 saturated carbocycles. The van der Waals surface area contributed by atoms with E-state index in [1.807, 2.05) is 24.0 Å². The Morgan fingerprint density at radius 3 is 2.95 bits per heavy atom. The Hall–Kier alpha value is -1.59. The molecule has 104 valence electrons. The summed E-state index contributed by atoms with van der Waals surface area (Å²) in [5.41, 5.74) is 6.99. The first-order chi connectivity index (χ1) is 9.08. The summed E-state index contributed by atoms with van der Waals surface area (Å²) in [5.74, 6) is -0.0907. The highest BCUT2D eigenvalue weighted by Gasteiger charge is 2.26. The molecule has 1 amide bonds. The van der Waals surface area contributed by atoms with Crippen molar-refractivity contribution >= 4 is 17.3 Å². The zero-order valence-corrected chi connectivity index (χ0v) is 11.2. The average Bonchev–Trinajstić information content (AvgIpc) is 2.40. The van der Waals surface area contributed by atoms with Crippen LogP contribution in [0.3, 0.4) is 0 Å². The lowest BCUT2D eigenvalue weighted by Gasteiger charge is -2.34. The van der Waals surface area contributed by atoms with E-state index in [4.69, 9.17) is 5.73 Å². The number of carbonyl (C=O) groups is 1. The van der Waals surface area contributed by atoms with Crippen LogP contribution in [0.5, 0.6) is 0 Å². The number of rotatable bonds is 3. The molecule has 0 radical (unpaired) electrons. The number of benzene rings is 1. The Morgan fingerprint density at radius 1 is 1.53 bits per heavy atom. The zero-order chi connectivity index (χ0) is 13.8. The molecule has 4 N–H and O–H groups in total. The van der Waals surface area contributed by atoms with Crippen LogP contribution in [0.2, 0.25) is 0 Å². The van der Waals surface area contributed by atoms with Crippen LogP contribution < -0.4 is 11.1 Å². The summed E-state index contributed by atoms with van der Waals surface area (Å²) in [7, 11) is 0. The van der Waals surface area contributed by atoms with Crippen molar-refractivity contribution in [2.45, 2.75) is 31.9 Å². The molecule has 2 atom stereocenters. The molecule has 1 aliphatic heterocycles. The molecular weight excluding hydrogens is 242 g/mol. The molecule has 0 bridgehead atoms. The molecule has 1 aromatic rings. The van der Waals surface area contributed by atoms with Gasteiger partial charge in [0.2, 0.25) is 5.91 Å². The summed E-state index contributed by atoms with van der Waals surface area (Å²) in [6.45, 7) is 3.25. The molecule has 0 aromatic heterocycles. The number of nitrogens with one attached hydrogen (secondary N) is 1. The molecule has 2 unspecified atom stereocenters. The minimum absolute atomic E-state index is 0.0907. The SMILES string of the molecule is CC(C(=O)Nc1ccccc1N)N1CCCC(O)C1. The zero-order valence-electron chi connectivity index (χ0n) is 11.2. The van der Waals surface area contributed by atoms with Crippen molar-refractivity contribution in [1.82, 2.24) is 4.90 Å². The van der Waals surface area contributed by atoms with Crippen molar-refractivity contribution in [2.75, 3.05) is 24.1 Å². The number of para-hydroxylation sites is 2. The molecule has 5 nitrogen and oxygen atoms in total. The van der Waals surface area contributed by atoms with Crippen LogP contribution in [0.25, 0.3) is 0 Å². The van der Waals surface area contributed by atoms with E-state index in [2.05, 4.69) is 5.32 Å². The molecular formula is C14H21N3O2. The molecule has 19 heavy (non-hydrogen) atoms. The fourth-order valence-electron chi connectivity index (χ4n) is 2.35. The van der Waals surface area contributed by atoms with E-state index >= 15 is 0 Å². The first-order valence-corrected chi connectivity index (χ1v) is 6.65. The minimum Gasteiger partial charge on any atom is -0.397 e. The number of aliphatic hydroxyl groups excluding tert-OH is 1. The Balaban J connectivity index is 1.97. The number of nitrogens with two attached hydrogens (primary N) is 1. The van der Waals surface area contributed by atoms with Gasteiger partial charge in [0, 0.05) is 6.54 Å². The summed E-state index contributed by atoms with van der Waals surface area (Å²) in [4.78, 5) is 14.2. The minimum atomic E-state index is -0.328. The molecule has 5 heteroatoms.